The van der Waals surface area contributed by atoms with Crippen LogP contribution in [0.4, 0.5) is 0 Å². The quantitative estimate of drug-likeness (QED) is 0.386. The maximum absolute atomic E-state index is 10.9. The number of methoxy groups -OCH3 is 1. The zero-order valence-corrected chi connectivity index (χ0v) is 12.2. The Morgan fingerprint density at radius 3 is 2.11 bits per heavy atom. The molecule has 0 aromatic carbocycles. The molecule has 0 heterocycles. The van der Waals surface area contributed by atoms with Crippen molar-refractivity contribution in [3.05, 3.63) is 47.1 Å². The van der Waals surface area contributed by atoms with E-state index in [1.807, 2.05) is 13.8 Å². The average molecular weight is 248 g/mol. The van der Waals surface area contributed by atoms with E-state index in [1.165, 1.54) is 11.1 Å². The maximum Gasteiger partial charge on any atom is 0.150 e. The van der Waals surface area contributed by atoms with Gasteiger partial charge in [-0.2, -0.15) is 0 Å². The lowest BCUT2D eigenvalue weighted by Gasteiger charge is -2.20. The molecule has 0 saturated heterocycles. The number of hydrogen-bond acceptors (Lipinski definition) is 2. The fourth-order valence-electron chi connectivity index (χ4n) is 1.89. The Labute approximate surface area is 111 Å². The van der Waals surface area contributed by atoms with Gasteiger partial charge in [0.15, 0.2) is 0 Å². The van der Waals surface area contributed by atoms with Crippen molar-refractivity contribution in [2.24, 2.45) is 0 Å². The Hall–Kier alpha value is -1.41. The summed E-state index contributed by atoms with van der Waals surface area (Å²) in [4.78, 5) is 10.9. The van der Waals surface area contributed by atoms with E-state index in [1.54, 1.807) is 13.2 Å². The minimum atomic E-state index is -0.121. The Kier molecular flexibility index (Phi) is 7.21. The van der Waals surface area contributed by atoms with Gasteiger partial charge in [-0.25, -0.2) is 0 Å². The smallest absolute Gasteiger partial charge is 0.150 e. The molecule has 0 aliphatic carbocycles. The van der Waals surface area contributed by atoms with E-state index in [9.17, 15) is 4.79 Å². The van der Waals surface area contributed by atoms with Crippen LogP contribution in [0.2, 0.25) is 0 Å². The van der Waals surface area contributed by atoms with Crippen molar-refractivity contribution in [3.63, 3.8) is 0 Å². The van der Waals surface area contributed by atoms with Gasteiger partial charge in [-0.05, 0) is 38.8 Å². The first-order valence-corrected chi connectivity index (χ1v) is 6.02. The van der Waals surface area contributed by atoms with Crippen molar-refractivity contribution in [3.8, 4) is 0 Å². The standard InChI is InChI=1S/C16H24O2/c1-8-14(10-17)13(6)16(18-7)9-15(11(2)3)12(4)5/h8,10,16H,1-2,9H2,3-7H3/b14-13-. The molecule has 2 nitrogen and oxygen atoms in total. The van der Waals surface area contributed by atoms with E-state index in [2.05, 4.69) is 27.0 Å². The zero-order chi connectivity index (χ0) is 14.3. The Morgan fingerprint density at radius 2 is 1.83 bits per heavy atom. The number of rotatable bonds is 7. The van der Waals surface area contributed by atoms with Gasteiger partial charge in [0.2, 0.25) is 0 Å². The summed E-state index contributed by atoms with van der Waals surface area (Å²) in [5.41, 5.74) is 4.95. The third kappa shape index (κ3) is 4.46. The van der Waals surface area contributed by atoms with Crippen LogP contribution in [0.15, 0.2) is 47.1 Å². The minimum Gasteiger partial charge on any atom is -0.377 e. The van der Waals surface area contributed by atoms with Crippen molar-refractivity contribution >= 4 is 6.29 Å². The summed E-state index contributed by atoms with van der Waals surface area (Å²) >= 11 is 0. The monoisotopic (exact) mass is 248 g/mol. The molecule has 0 radical (unpaired) electrons. The lowest BCUT2D eigenvalue weighted by molar-refractivity contribution is -0.104. The third-order valence-electron chi connectivity index (χ3n) is 3.08. The Balaban J connectivity index is 5.32. The third-order valence-corrected chi connectivity index (χ3v) is 3.08. The van der Waals surface area contributed by atoms with Gasteiger partial charge in [-0.3, -0.25) is 4.79 Å². The molecule has 0 aliphatic rings. The SMILES string of the molecule is C=C/C(C=O)=C(\C)C(CC(C(=C)C)=C(C)C)OC. The summed E-state index contributed by atoms with van der Waals surface area (Å²) in [7, 11) is 1.65. The van der Waals surface area contributed by atoms with Gasteiger partial charge in [0.1, 0.15) is 6.29 Å². The molecular weight excluding hydrogens is 224 g/mol. The second-order valence-corrected chi connectivity index (χ2v) is 4.65. The van der Waals surface area contributed by atoms with Crippen molar-refractivity contribution < 1.29 is 9.53 Å². The highest BCUT2D eigenvalue weighted by Crippen LogP contribution is 2.24. The van der Waals surface area contributed by atoms with Gasteiger partial charge in [-0.15, -0.1) is 0 Å². The first kappa shape index (κ1) is 16.6. The lowest BCUT2D eigenvalue weighted by atomic mass is 9.93. The predicted octanol–water partition coefficient (Wildman–Crippen LogP) is 4.01. The lowest BCUT2D eigenvalue weighted by Crippen LogP contribution is -2.16. The normalized spacial score (nSPS) is 13.4. The number of hydrogen-bond donors (Lipinski definition) is 0. The van der Waals surface area contributed by atoms with Crippen molar-refractivity contribution in [1.82, 2.24) is 0 Å². The number of ether oxygens (including phenoxy) is 1. The molecule has 0 rings (SSSR count). The molecule has 0 spiro atoms. The Morgan fingerprint density at radius 1 is 1.28 bits per heavy atom. The van der Waals surface area contributed by atoms with Gasteiger partial charge in [0, 0.05) is 19.1 Å². The topological polar surface area (TPSA) is 26.3 Å². The van der Waals surface area contributed by atoms with Crippen LogP contribution in [0.1, 0.15) is 34.1 Å². The van der Waals surface area contributed by atoms with Gasteiger partial charge in [-0.1, -0.05) is 30.4 Å². The summed E-state index contributed by atoms with van der Waals surface area (Å²) in [6.07, 6.45) is 2.99. The summed E-state index contributed by atoms with van der Waals surface area (Å²) in [6, 6.07) is 0. The molecule has 1 atom stereocenters. The fraction of sp³-hybridized carbons (Fsp3) is 0.438. The average Bonchev–Trinajstić information content (AvgIpc) is 2.30. The van der Waals surface area contributed by atoms with Crippen LogP contribution in [0.3, 0.4) is 0 Å². The second-order valence-electron chi connectivity index (χ2n) is 4.65. The largest absolute Gasteiger partial charge is 0.377 e. The van der Waals surface area contributed by atoms with Crippen molar-refractivity contribution in [1.29, 1.82) is 0 Å². The molecule has 100 valence electrons. The maximum atomic E-state index is 10.9. The summed E-state index contributed by atoms with van der Waals surface area (Å²) < 4.78 is 5.49. The molecule has 0 aromatic heterocycles. The highest BCUT2D eigenvalue weighted by atomic mass is 16.5. The molecule has 1 unspecified atom stereocenters. The summed E-state index contributed by atoms with van der Waals surface area (Å²) in [5.74, 6) is 0. The van der Waals surface area contributed by atoms with Gasteiger partial charge in [0.05, 0.1) is 6.10 Å². The number of allylic oxidation sites excluding steroid dienone is 4. The number of carbonyl (C=O) groups excluding carboxylic acids is 1. The van der Waals surface area contributed by atoms with E-state index in [-0.39, 0.29) is 6.10 Å². The van der Waals surface area contributed by atoms with E-state index < -0.39 is 0 Å². The van der Waals surface area contributed by atoms with E-state index in [0.29, 0.717) is 5.57 Å². The second kappa shape index (κ2) is 7.83. The zero-order valence-electron chi connectivity index (χ0n) is 12.2. The number of carbonyl (C=O) groups is 1. The molecule has 0 aliphatic heterocycles. The van der Waals surface area contributed by atoms with Crippen molar-refractivity contribution in [2.75, 3.05) is 7.11 Å². The van der Waals surface area contributed by atoms with Crippen molar-refractivity contribution in [2.45, 2.75) is 40.2 Å². The van der Waals surface area contributed by atoms with E-state index in [4.69, 9.17) is 4.74 Å². The summed E-state index contributed by atoms with van der Waals surface area (Å²) in [5, 5.41) is 0. The molecule has 2 heteroatoms. The highest BCUT2D eigenvalue weighted by Gasteiger charge is 2.16. The van der Waals surface area contributed by atoms with Crippen LogP contribution in [-0.4, -0.2) is 19.5 Å². The molecular formula is C16H24O2. The molecule has 0 saturated carbocycles. The van der Waals surface area contributed by atoms with Crippen LogP contribution in [-0.2, 0) is 9.53 Å². The van der Waals surface area contributed by atoms with Gasteiger partial charge < -0.3 is 4.74 Å². The highest BCUT2D eigenvalue weighted by molar-refractivity contribution is 5.78. The molecule has 0 bridgehead atoms. The van der Waals surface area contributed by atoms with Crippen LogP contribution >= 0.6 is 0 Å². The molecule has 0 amide bonds. The molecule has 0 aromatic rings. The molecule has 18 heavy (non-hydrogen) atoms. The van der Waals surface area contributed by atoms with Gasteiger partial charge in [0.25, 0.3) is 0 Å². The first-order chi connectivity index (χ1) is 8.38. The van der Waals surface area contributed by atoms with E-state index in [0.717, 1.165) is 23.9 Å². The molecule has 0 fully saturated rings. The first-order valence-electron chi connectivity index (χ1n) is 6.02. The fourth-order valence-corrected chi connectivity index (χ4v) is 1.89. The van der Waals surface area contributed by atoms with E-state index >= 15 is 0 Å². The Bertz CT molecular complexity index is 383. The van der Waals surface area contributed by atoms with Gasteiger partial charge >= 0.3 is 0 Å². The number of aldehydes is 1. The predicted molar refractivity (Wildman–Crippen MR) is 77.6 cm³/mol. The van der Waals surface area contributed by atoms with Crippen LogP contribution in [0.5, 0.6) is 0 Å². The van der Waals surface area contributed by atoms with Crippen LogP contribution < -0.4 is 0 Å². The van der Waals surface area contributed by atoms with Crippen LogP contribution in [0, 0.1) is 0 Å². The summed E-state index contributed by atoms with van der Waals surface area (Å²) in [6.45, 7) is 15.6. The molecule has 0 N–H and O–H groups in total. The van der Waals surface area contributed by atoms with Crippen LogP contribution in [0.25, 0.3) is 0 Å². The minimum absolute atomic E-state index is 0.121.